The van der Waals surface area contributed by atoms with Crippen LogP contribution in [-0.2, 0) is 0 Å². The summed E-state index contributed by atoms with van der Waals surface area (Å²) in [4.78, 5) is 0. The molecule has 0 amide bonds. The van der Waals surface area contributed by atoms with E-state index in [4.69, 9.17) is 1.37 Å². The standard InChI is InChI=1S/C11H16/c1-3-10(4-2)11-8-6-5-7-9-11/h5-10H,3-4H2,1-2H3/i10D. The van der Waals surface area contributed by atoms with Gasteiger partial charge >= 0.3 is 0 Å². The second kappa shape index (κ2) is 4.17. The van der Waals surface area contributed by atoms with Gasteiger partial charge in [0.2, 0.25) is 0 Å². The molecule has 0 saturated heterocycles. The fourth-order valence-corrected chi connectivity index (χ4v) is 1.33. The highest BCUT2D eigenvalue weighted by molar-refractivity contribution is 5.18. The molecule has 0 N–H and O–H groups in total. The van der Waals surface area contributed by atoms with E-state index in [1.165, 1.54) is 0 Å². The molecule has 0 saturated carbocycles. The van der Waals surface area contributed by atoms with Crippen molar-refractivity contribution in [3.63, 3.8) is 0 Å². The van der Waals surface area contributed by atoms with Crippen LogP contribution in [0.5, 0.6) is 0 Å². The van der Waals surface area contributed by atoms with Crippen LogP contribution in [0.15, 0.2) is 30.3 Å². The van der Waals surface area contributed by atoms with Crippen LogP contribution < -0.4 is 0 Å². The van der Waals surface area contributed by atoms with Crippen LogP contribution in [0.4, 0.5) is 0 Å². The topological polar surface area (TPSA) is 0 Å². The molecule has 0 bridgehead atoms. The number of benzene rings is 1. The first-order valence-corrected chi connectivity index (χ1v) is 4.28. The van der Waals surface area contributed by atoms with E-state index in [0.29, 0.717) is 0 Å². The maximum Gasteiger partial charge on any atom is 0.0352 e. The minimum Gasteiger partial charge on any atom is -0.0648 e. The SMILES string of the molecule is [2H]C(CC)(CC)c1ccccc1. The number of hydrogen-bond donors (Lipinski definition) is 0. The number of hydrogen-bond acceptors (Lipinski definition) is 0. The zero-order chi connectivity index (χ0) is 9.03. The van der Waals surface area contributed by atoms with Crippen molar-refractivity contribution in [1.29, 1.82) is 0 Å². The molecule has 0 aromatic heterocycles. The molecule has 0 aliphatic heterocycles. The highest BCUT2D eigenvalue weighted by Gasteiger charge is 2.03. The average Bonchev–Trinajstić information content (AvgIpc) is 2.18. The largest absolute Gasteiger partial charge is 0.0648 e. The Morgan fingerprint density at radius 1 is 1.18 bits per heavy atom. The average molecular weight is 149 g/mol. The Morgan fingerprint density at radius 2 is 1.73 bits per heavy atom. The van der Waals surface area contributed by atoms with E-state index in [9.17, 15) is 0 Å². The first-order chi connectivity index (χ1) is 5.73. The highest BCUT2D eigenvalue weighted by Crippen LogP contribution is 2.21. The lowest BCUT2D eigenvalue weighted by Crippen LogP contribution is -1.93. The molecule has 0 fully saturated rings. The summed E-state index contributed by atoms with van der Waals surface area (Å²) >= 11 is 0. The summed E-state index contributed by atoms with van der Waals surface area (Å²) in [7, 11) is 0. The van der Waals surface area contributed by atoms with E-state index in [1.54, 1.807) is 0 Å². The molecule has 0 heterocycles. The van der Waals surface area contributed by atoms with Crippen molar-refractivity contribution >= 4 is 0 Å². The smallest absolute Gasteiger partial charge is 0.0352 e. The van der Waals surface area contributed by atoms with Crippen molar-refractivity contribution in [2.24, 2.45) is 0 Å². The molecule has 0 aliphatic carbocycles. The minimum atomic E-state index is -0.374. The summed E-state index contributed by atoms with van der Waals surface area (Å²) < 4.78 is 8.16. The molecule has 1 aromatic carbocycles. The third-order valence-corrected chi connectivity index (χ3v) is 2.04. The lowest BCUT2D eigenvalue weighted by Gasteiger charge is -2.11. The van der Waals surface area contributed by atoms with E-state index >= 15 is 0 Å². The number of rotatable bonds is 3. The first kappa shape index (κ1) is 6.90. The molecular formula is C11H16. The van der Waals surface area contributed by atoms with Crippen LogP contribution in [0.3, 0.4) is 0 Å². The van der Waals surface area contributed by atoms with E-state index in [0.717, 1.165) is 18.4 Å². The van der Waals surface area contributed by atoms with Crippen molar-refractivity contribution < 1.29 is 1.37 Å². The molecule has 0 atom stereocenters. The molecule has 0 heteroatoms. The maximum atomic E-state index is 8.16. The Labute approximate surface area is 70.7 Å². The Bertz CT molecular complexity index is 224. The predicted molar refractivity (Wildman–Crippen MR) is 49.8 cm³/mol. The van der Waals surface area contributed by atoms with Gasteiger partial charge in [-0.2, -0.15) is 0 Å². The molecule has 11 heavy (non-hydrogen) atoms. The third-order valence-electron chi connectivity index (χ3n) is 2.04. The van der Waals surface area contributed by atoms with Gasteiger partial charge in [-0.3, -0.25) is 0 Å². The summed E-state index contributed by atoms with van der Waals surface area (Å²) in [6.45, 7) is 4.15. The Hall–Kier alpha value is -0.780. The fourth-order valence-electron chi connectivity index (χ4n) is 1.33. The van der Waals surface area contributed by atoms with E-state index in [1.807, 2.05) is 30.3 Å². The van der Waals surface area contributed by atoms with Crippen molar-refractivity contribution in [1.82, 2.24) is 0 Å². The van der Waals surface area contributed by atoms with Crippen molar-refractivity contribution in [3.05, 3.63) is 35.9 Å². The van der Waals surface area contributed by atoms with Crippen molar-refractivity contribution in [2.75, 3.05) is 0 Å². The van der Waals surface area contributed by atoms with Gasteiger partial charge in [0.15, 0.2) is 0 Å². The molecule has 0 aliphatic rings. The maximum absolute atomic E-state index is 8.16. The summed E-state index contributed by atoms with van der Waals surface area (Å²) in [6, 6.07) is 10.1. The monoisotopic (exact) mass is 149 g/mol. The molecule has 1 rings (SSSR count). The quantitative estimate of drug-likeness (QED) is 0.616. The molecular weight excluding hydrogens is 132 g/mol. The molecule has 0 nitrogen and oxygen atoms in total. The Morgan fingerprint density at radius 3 is 2.18 bits per heavy atom. The van der Waals surface area contributed by atoms with Gasteiger partial charge in [0.05, 0.1) is 0 Å². The molecule has 60 valence electrons. The van der Waals surface area contributed by atoms with Gasteiger partial charge in [-0.15, -0.1) is 0 Å². The summed E-state index contributed by atoms with van der Waals surface area (Å²) in [6.07, 6.45) is 1.76. The van der Waals surface area contributed by atoms with Crippen LogP contribution in [0, 0.1) is 0 Å². The Kier molecular flexibility index (Phi) is 2.62. The molecule has 0 spiro atoms. The first-order valence-electron chi connectivity index (χ1n) is 4.78. The van der Waals surface area contributed by atoms with Gasteiger partial charge in [-0.1, -0.05) is 44.2 Å². The third kappa shape index (κ3) is 2.07. The van der Waals surface area contributed by atoms with Gasteiger partial charge in [0.25, 0.3) is 0 Å². The summed E-state index contributed by atoms with van der Waals surface area (Å²) in [5, 5.41) is 0. The van der Waals surface area contributed by atoms with E-state index in [2.05, 4.69) is 13.8 Å². The zero-order valence-electron chi connectivity index (χ0n) is 8.30. The van der Waals surface area contributed by atoms with E-state index < -0.39 is 0 Å². The van der Waals surface area contributed by atoms with Crippen LogP contribution in [0.2, 0.25) is 0 Å². The van der Waals surface area contributed by atoms with Gasteiger partial charge in [0, 0.05) is 1.37 Å². The van der Waals surface area contributed by atoms with Gasteiger partial charge in [-0.25, -0.2) is 0 Å². The van der Waals surface area contributed by atoms with Gasteiger partial charge in [-0.05, 0) is 24.3 Å². The highest BCUT2D eigenvalue weighted by atomic mass is 14.1. The molecule has 0 unspecified atom stereocenters. The Balaban J connectivity index is 2.95. The van der Waals surface area contributed by atoms with Gasteiger partial charge in [0.1, 0.15) is 0 Å². The van der Waals surface area contributed by atoms with Crippen molar-refractivity contribution in [3.8, 4) is 0 Å². The van der Waals surface area contributed by atoms with E-state index in [-0.39, 0.29) is 5.89 Å². The second-order valence-electron chi connectivity index (χ2n) is 2.68. The van der Waals surface area contributed by atoms with Crippen LogP contribution in [0.25, 0.3) is 0 Å². The predicted octanol–water partition coefficient (Wildman–Crippen LogP) is 3.59. The lowest BCUT2D eigenvalue weighted by molar-refractivity contribution is 0.642. The molecule has 1 aromatic rings. The second-order valence-corrected chi connectivity index (χ2v) is 2.68. The van der Waals surface area contributed by atoms with Crippen LogP contribution in [0.1, 0.15) is 39.5 Å². The summed E-state index contributed by atoms with van der Waals surface area (Å²) in [5.41, 5.74) is 1.13. The lowest BCUT2D eigenvalue weighted by atomic mass is 9.94. The van der Waals surface area contributed by atoms with Crippen molar-refractivity contribution in [2.45, 2.75) is 32.6 Å². The van der Waals surface area contributed by atoms with Crippen LogP contribution in [-0.4, -0.2) is 0 Å². The van der Waals surface area contributed by atoms with Gasteiger partial charge < -0.3 is 0 Å². The summed E-state index contributed by atoms with van der Waals surface area (Å²) in [5.74, 6) is -0.374. The van der Waals surface area contributed by atoms with Crippen LogP contribution >= 0.6 is 0 Å². The fraction of sp³-hybridized carbons (Fsp3) is 0.455. The minimum absolute atomic E-state index is 0.374. The zero-order valence-corrected chi connectivity index (χ0v) is 7.30. The normalized spacial score (nSPS) is 12.7. The molecule has 0 radical (unpaired) electrons.